The van der Waals surface area contributed by atoms with E-state index in [1.165, 1.54) is 17.3 Å². The van der Waals surface area contributed by atoms with E-state index in [1.807, 2.05) is 73.7 Å². The third kappa shape index (κ3) is 5.59. The second kappa shape index (κ2) is 10.6. The van der Waals surface area contributed by atoms with Crippen molar-refractivity contribution in [1.82, 2.24) is 10.1 Å². The minimum absolute atomic E-state index is 0.0402. The van der Waals surface area contributed by atoms with Crippen molar-refractivity contribution in [3.8, 4) is 0 Å². The Morgan fingerprint density at radius 1 is 1.11 bits per heavy atom. The summed E-state index contributed by atoms with van der Waals surface area (Å²) >= 11 is 1.31. The SMILES string of the molecule is Cc1ccc(NC(=O)CC2SC(=Nc3cccc(C(C)C)c3)N(Cc3noc4ccccc34)C2=O)cc1. The van der Waals surface area contributed by atoms with Crippen molar-refractivity contribution in [2.75, 3.05) is 5.32 Å². The zero-order valence-electron chi connectivity index (χ0n) is 21.0. The number of aromatic nitrogens is 1. The van der Waals surface area contributed by atoms with Gasteiger partial charge in [0.25, 0.3) is 0 Å². The van der Waals surface area contributed by atoms with Crippen molar-refractivity contribution in [3.05, 3.63) is 89.6 Å². The predicted octanol–water partition coefficient (Wildman–Crippen LogP) is 6.42. The molecule has 2 heterocycles. The number of thioether (sulfide) groups is 1. The lowest BCUT2D eigenvalue weighted by Crippen LogP contribution is -2.33. The van der Waals surface area contributed by atoms with Gasteiger partial charge >= 0.3 is 0 Å². The molecule has 188 valence electrons. The molecule has 1 aliphatic heterocycles. The van der Waals surface area contributed by atoms with Crippen LogP contribution in [0.1, 0.15) is 43.0 Å². The first-order valence-electron chi connectivity index (χ1n) is 12.2. The highest BCUT2D eigenvalue weighted by atomic mass is 32.2. The van der Waals surface area contributed by atoms with Gasteiger partial charge in [0.1, 0.15) is 10.9 Å². The van der Waals surface area contributed by atoms with E-state index in [9.17, 15) is 9.59 Å². The third-order valence-electron chi connectivity index (χ3n) is 6.25. The minimum Gasteiger partial charge on any atom is -0.356 e. The number of benzene rings is 3. The third-order valence-corrected chi connectivity index (χ3v) is 7.42. The maximum atomic E-state index is 13.6. The largest absolute Gasteiger partial charge is 0.356 e. The second-order valence-corrected chi connectivity index (χ2v) is 10.6. The van der Waals surface area contributed by atoms with Crippen LogP contribution in [0.2, 0.25) is 0 Å². The Labute approximate surface area is 219 Å². The van der Waals surface area contributed by atoms with Gasteiger partial charge in [-0.15, -0.1) is 0 Å². The molecule has 7 nitrogen and oxygen atoms in total. The molecule has 1 N–H and O–H groups in total. The van der Waals surface area contributed by atoms with Crippen LogP contribution >= 0.6 is 11.8 Å². The van der Waals surface area contributed by atoms with Crippen LogP contribution in [-0.4, -0.2) is 32.3 Å². The maximum Gasteiger partial charge on any atom is 0.243 e. The van der Waals surface area contributed by atoms with Crippen LogP contribution in [0.4, 0.5) is 11.4 Å². The van der Waals surface area contributed by atoms with E-state index in [0.717, 1.165) is 16.6 Å². The number of rotatable bonds is 7. The van der Waals surface area contributed by atoms with Gasteiger partial charge in [-0.3, -0.25) is 14.5 Å². The highest BCUT2D eigenvalue weighted by molar-refractivity contribution is 8.15. The number of aliphatic imine (C=N–C) groups is 1. The number of para-hydroxylation sites is 1. The van der Waals surface area contributed by atoms with Crippen LogP contribution in [0.25, 0.3) is 11.0 Å². The number of hydrogen-bond donors (Lipinski definition) is 1. The maximum absolute atomic E-state index is 13.6. The fourth-order valence-electron chi connectivity index (χ4n) is 4.15. The highest BCUT2D eigenvalue weighted by Gasteiger charge is 2.40. The number of hydrogen-bond acceptors (Lipinski definition) is 6. The Morgan fingerprint density at radius 2 is 1.89 bits per heavy atom. The summed E-state index contributed by atoms with van der Waals surface area (Å²) in [6.45, 7) is 6.46. The lowest BCUT2D eigenvalue weighted by molar-refractivity contribution is -0.128. The average molecular weight is 513 g/mol. The Morgan fingerprint density at radius 3 is 2.68 bits per heavy atom. The quantitative estimate of drug-likeness (QED) is 0.309. The van der Waals surface area contributed by atoms with E-state index in [4.69, 9.17) is 9.52 Å². The predicted molar refractivity (Wildman–Crippen MR) is 148 cm³/mol. The van der Waals surface area contributed by atoms with Gasteiger partial charge < -0.3 is 9.84 Å². The smallest absolute Gasteiger partial charge is 0.243 e. The monoisotopic (exact) mass is 512 g/mol. The zero-order chi connectivity index (χ0) is 25.9. The topological polar surface area (TPSA) is 87.8 Å². The summed E-state index contributed by atoms with van der Waals surface area (Å²) in [5.74, 6) is -0.0340. The fourth-order valence-corrected chi connectivity index (χ4v) is 5.31. The van der Waals surface area contributed by atoms with Gasteiger partial charge in [-0.05, 0) is 54.8 Å². The van der Waals surface area contributed by atoms with Crippen molar-refractivity contribution in [2.45, 2.75) is 44.9 Å². The molecule has 1 unspecified atom stereocenters. The molecule has 4 aromatic rings. The Hall–Kier alpha value is -3.91. The number of fused-ring (bicyclic) bond motifs is 1. The number of anilines is 1. The molecule has 3 aromatic carbocycles. The van der Waals surface area contributed by atoms with Gasteiger partial charge in [-0.2, -0.15) is 0 Å². The summed E-state index contributed by atoms with van der Waals surface area (Å²) < 4.78 is 5.46. The summed E-state index contributed by atoms with van der Waals surface area (Å²) in [7, 11) is 0. The normalized spacial score (nSPS) is 16.8. The number of amides is 2. The summed E-state index contributed by atoms with van der Waals surface area (Å²) in [6, 6.07) is 23.1. The Bertz CT molecular complexity index is 1480. The van der Waals surface area contributed by atoms with Crippen LogP contribution in [-0.2, 0) is 16.1 Å². The molecular weight excluding hydrogens is 484 g/mol. The summed E-state index contributed by atoms with van der Waals surface area (Å²) in [6.07, 6.45) is 0.0402. The lowest BCUT2D eigenvalue weighted by atomic mass is 10.0. The molecule has 2 amide bonds. The Kier molecular flexibility index (Phi) is 7.10. The number of nitrogens with one attached hydrogen (secondary N) is 1. The van der Waals surface area contributed by atoms with Crippen LogP contribution in [0.3, 0.4) is 0 Å². The molecule has 1 aromatic heterocycles. The second-order valence-electron chi connectivity index (χ2n) is 9.42. The van der Waals surface area contributed by atoms with E-state index in [-0.39, 0.29) is 24.8 Å². The molecule has 0 saturated carbocycles. The first-order valence-corrected chi connectivity index (χ1v) is 13.1. The molecule has 5 rings (SSSR count). The Balaban J connectivity index is 1.41. The van der Waals surface area contributed by atoms with Gasteiger partial charge in [0.05, 0.1) is 12.2 Å². The van der Waals surface area contributed by atoms with Gasteiger partial charge in [0.15, 0.2) is 10.8 Å². The molecule has 0 spiro atoms. The lowest BCUT2D eigenvalue weighted by Gasteiger charge is -2.15. The van der Waals surface area contributed by atoms with Gasteiger partial charge in [-0.25, -0.2) is 4.99 Å². The molecule has 1 fully saturated rings. The fraction of sp³-hybridized carbons (Fsp3) is 0.241. The molecule has 0 bridgehead atoms. The minimum atomic E-state index is -0.587. The summed E-state index contributed by atoms with van der Waals surface area (Å²) in [4.78, 5) is 32.8. The molecule has 37 heavy (non-hydrogen) atoms. The van der Waals surface area contributed by atoms with Crippen molar-refractivity contribution < 1.29 is 14.1 Å². The van der Waals surface area contributed by atoms with Crippen molar-refractivity contribution in [1.29, 1.82) is 0 Å². The molecule has 0 aliphatic carbocycles. The van der Waals surface area contributed by atoms with E-state index in [2.05, 4.69) is 30.4 Å². The molecular formula is C29H28N4O3S. The standard InChI is InChI=1S/C29H28N4O3S/c1-18(2)20-7-6-8-22(15-20)31-29-33(17-24-23-9-4-5-10-25(23)36-32-24)28(35)26(37-29)16-27(34)30-21-13-11-19(3)12-14-21/h4-15,18,26H,16-17H2,1-3H3,(H,30,34). The van der Waals surface area contributed by atoms with Crippen LogP contribution in [0.15, 0.2) is 82.3 Å². The zero-order valence-corrected chi connectivity index (χ0v) is 21.8. The van der Waals surface area contributed by atoms with Crippen LogP contribution in [0.5, 0.6) is 0 Å². The number of nitrogens with zero attached hydrogens (tertiary/aromatic N) is 3. The van der Waals surface area contributed by atoms with Crippen LogP contribution < -0.4 is 5.32 Å². The van der Waals surface area contributed by atoms with E-state index < -0.39 is 5.25 Å². The number of carbonyl (C=O) groups excluding carboxylic acids is 2. The number of aryl methyl sites for hydroxylation is 1. The molecule has 0 radical (unpaired) electrons. The van der Waals surface area contributed by atoms with Crippen LogP contribution in [0, 0.1) is 6.92 Å². The van der Waals surface area contributed by atoms with E-state index in [0.29, 0.717) is 28.0 Å². The average Bonchev–Trinajstić information content (AvgIpc) is 3.42. The summed E-state index contributed by atoms with van der Waals surface area (Å²) in [5, 5.41) is 7.91. The molecule has 1 atom stereocenters. The van der Waals surface area contributed by atoms with Crippen molar-refractivity contribution in [2.24, 2.45) is 4.99 Å². The molecule has 8 heteroatoms. The van der Waals surface area contributed by atoms with Gasteiger partial charge in [0.2, 0.25) is 11.8 Å². The van der Waals surface area contributed by atoms with Gasteiger partial charge in [-0.1, -0.05) is 72.7 Å². The van der Waals surface area contributed by atoms with Crippen molar-refractivity contribution >= 4 is 51.1 Å². The first-order chi connectivity index (χ1) is 17.9. The van der Waals surface area contributed by atoms with Crippen molar-refractivity contribution in [3.63, 3.8) is 0 Å². The number of amidine groups is 1. The molecule has 1 aliphatic rings. The summed E-state index contributed by atoms with van der Waals surface area (Å²) in [5.41, 5.74) is 5.06. The molecule has 1 saturated heterocycles. The van der Waals surface area contributed by atoms with E-state index in [1.54, 1.807) is 4.90 Å². The highest BCUT2D eigenvalue weighted by Crippen LogP contribution is 2.34. The van der Waals surface area contributed by atoms with E-state index >= 15 is 0 Å². The van der Waals surface area contributed by atoms with Gasteiger partial charge in [0, 0.05) is 17.5 Å². The first kappa shape index (κ1) is 24.8. The number of carbonyl (C=O) groups is 2.